The van der Waals surface area contributed by atoms with E-state index in [0.29, 0.717) is 5.75 Å². The highest BCUT2D eigenvalue weighted by Crippen LogP contribution is 2.28. The SMILES string of the molecule is COC(=O)c1ccc(OCc2ccccc2)c(NS(C)(=O)=O)c1. The van der Waals surface area contributed by atoms with Gasteiger partial charge < -0.3 is 9.47 Å². The molecule has 0 aliphatic carbocycles. The third-order valence-electron chi connectivity index (χ3n) is 2.93. The van der Waals surface area contributed by atoms with Crippen molar-refractivity contribution in [2.45, 2.75) is 6.61 Å². The van der Waals surface area contributed by atoms with Crippen LogP contribution in [0.5, 0.6) is 5.75 Å². The molecule has 23 heavy (non-hydrogen) atoms. The Bertz CT molecular complexity index is 787. The van der Waals surface area contributed by atoms with Crippen molar-refractivity contribution < 1.29 is 22.7 Å². The second-order valence-corrected chi connectivity index (χ2v) is 6.60. The van der Waals surface area contributed by atoms with Crippen LogP contribution in [0.1, 0.15) is 15.9 Å². The Morgan fingerprint density at radius 1 is 1.13 bits per heavy atom. The number of nitrogens with one attached hydrogen (secondary N) is 1. The van der Waals surface area contributed by atoms with Crippen LogP contribution >= 0.6 is 0 Å². The molecule has 0 bridgehead atoms. The van der Waals surface area contributed by atoms with E-state index in [2.05, 4.69) is 9.46 Å². The minimum Gasteiger partial charge on any atom is -0.487 e. The molecular weight excluding hydrogens is 318 g/mol. The fraction of sp³-hybridized carbons (Fsp3) is 0.188. The zero-order valence-corrected chi connectivity index (χ0v) is 13.6. The fourth-order valence-electron chi connectivity index (χ4n) is 1.92. The van der Waals surface area contributed by atoms with E-state index < -0.39 is 16.0 Å². The highest BCUT2D eigenvalue weighted by molar-refractivity contribution is 7.92. The lowest BCUT2D eigenvalue weighted by molar-refractivity contribution is 0.0600. The predicted molar refractivity (Wildman–Crippen MR) is 87.0 cm³/mol. The van der Waals surface area contributed by atoms with Gasteiger partial charge >= 0.3 is 5.97 Å². The van der Waals surface area contributed by atoms with E-state index in [1.54, 1.807) is 0 Å². The monoisotopic (exact) mass is 335 g/mol. The lowest BCUT2D eigenvalue weighted by Gasteiger charge is -2.13. The van der Waals surface area contributed by atoms with Crippen molar-refractivity contribution in [3.8, 4) is 5.75 Å². The predicted octanol–water partition coefficient (Wildman–Crippen LogP) is 2.42. The van der Waals surface area contributed by atoms with Gasteiger partial charge in [-0.3, -0.25) is 4.72 Å². The minimum atomic E-state index is -3.51. The van der Waals surface area contributed by atoms with Crippen LogP contribution in [0, 0.1) is 0 Å². The number of methoxy groups -OCH3 is 1. The molecule has 0 saturated carbocycles. The van der Waals surface area contributed by atoms with Gasteiger partial charge in [0.15, 0.2) is 0 Å². The van der Waals surface area contributed by atoms with Crippen LogP contribution in [0.2, 0.25) is 0 Å². The molecule has 0 fully saturated rings. The first-order valence-corrected chi connectivity index (χ1v) is 8.65. The molecule has 0 aliphatic heterocycles. The van der Waals surface area contributed by atoms with Gasteiger partial charge in [-0.15, -0.1) is 0 Å². The molecule has 2 aromatic carbocycles. The quantitative estimate of drug-likeness (QED) is 0.820. The molecule has 6 nitrogen and oxygen atoms in total. The number of anilines is 1. The first kappa shape index (κ1) is 16.8. The highest BCUT2D eigenvalue weighted by Gasteiger charge is 2.14. The van der Waals surface area contributed by atoms with Gasteiger partial charge in [0.05, 0.1) is 24.6 Å². The maximum atomic E-state index is 11.6. The first-order chi connectivity index (χ1) is 10.9. The lowest BCUT2D eigenvalue weighted by Crippen LogP contribution is -2.12. The largest absolute Gasteiger partial charge is 0.487 e. The van der Waals surface area contributed by atoms with Crippen LogP contribution in [0.3, 0.4) is 0 Å². The second-order valence-electron chi connectivity index (χ2n) is 4.85. The van der Waals surface area contributed by atoms with Crippen LogP contribution in [0.15, 0.2) is 48.5 Å². The van der Waals surface area contributed by atoms with E-state index in [9.17, 15) is 13.2 Å². The van der Waals surface area contributed by atoms with E-state index in [-0.39, 0.29) is 17.9 Å². The third kappa shape index (κ3) is 5.00. The smallest absolute Gasteiger partial charge is 0.337 e. The van der Waals surface area contributed by atoms with Crippen LogP contribution in [-0.2, 0) is 21.4 Å². The van der Waals surface area contributed by atoms with Gasteiger partial charge in [-0.1, -0.05) is 30.3 Å². The second kappa shape index (κ2) is 7.15. The zero-order valence-electron chi connectivity index (χ0n) is 12.8. The summed E-state index contributed by atoms with van der Waals surface area (Å²) in [6, 6.07) is 13.9. The average Bonchev–Trinajstić information content (AvgIpc) is 2.52. The van der Waals surface area contributed by atoms with Gasteiger partial charge in [0.1, 0.15) is 12.4 Å². The van der Waals surface area contributed by atoms with Crippen LogP contribution in [0.4, 0.5) is 5.69 Å². The summed E-state index contributed by atoms with van der Waals surface area (Å²) in [5.74, 6) is -0.233. The van der Waals surface area contributed by atoms with Gasteiger partial charge in [0, 0.05) is 0 Å². The Balaban J connectivity index is 2.28. The van der Waals surface area contributed by atoms with E-state index in [4.69, 9.17) is 4.74 Å². The van der Waals surface area contributed by atoms with Crippen molar-refractivity contribution in [2.75, 3.05) is 18.1 Å². The molecule has 0 amide bonds. The summed E-state index contributed by atoms with van der Waals surface area (Å²) in [6.07, 6.45) is 1.03. The van der Waals surface area contributed by atoms with Gasteiger partial charge in [0.25, 0.3) is 0 Å². The lowest BCUT2D eigenvalue weighted by atomic mass is 10.2. The number of sulfonamides is 1. The van der Waals surface area contributed by atoms with E-state index >= 15 is 0 Å². The Kier molecular flexibility index (Phi) is 5.23. The van der Waals surface area contributed by atoms with Crippen molar-refractivity contribution in [2.24, 2.45) is 0 Å². The number of hydrogen-bond donors (Lipinski definition) is 1. The summed E-state index contributed by atoms with van der Waals surface area (Å²) in [6.45, 7) is 0.275. The maximum Gasteiger partial charge on any atom is 0.337 e. The maximum absolute atomic E-state index is 11.6. The molecule has 0 atom stereocenters. The number of carbonyl (C=O) groups excluding carboxylic acids is 1. The van der Waals surface area contributed by atoms with Crippen LogP contribution in [-0.4, -0.2) is 27.8 Å². The van der Waals surface area contributed by atoms with Crippen molar-refractivity contribution >= 4 is 21.7 Å². The number of hydrogen-bond acceptors (Lipinski definition) is 5. The number of carbonyl (C=O) groups is 1. The summed E-state index contributed by atoms with van der Waals surface area (Å²) in [5, 5.41) is 0. The normalized spacial score (nSPS) is 10.9. The Morgan fingerprint density at radius 3 is 2.43 bits per heavy atom. The summed E-state index contributed by atoms with van der Waals surface area (Å²) >= 11 is 0. The van der Waals surface area contributed by atoms with Gasteiger partial charge in [-0.25, -0.2) is 13.2 Å². The summed E-state index contributed by atoms with van der Waals surface area (Å²) in [7, 11) is -2.26. The molecule has 0 unspecified atom stereocenters. The zero-order chi connectivity index (χ0) is 16.9. The summed E-state index contributed by atoms with van der Waals surface area (Å²) < 4.78 is 35.6. The van der Waals surface area contributed by atoms with Crippen LogP contribution in [0.25, 0.3) is 0 Å². The molecule has 0 saturated heterocycles. The van der Waals surface area contributed by atoms with Crippen molar-refractivity contribution in [3.05, 3.63) is 59.7 Å². The van der Waals surface area contributed by atoms with Gasteiger partial charge in [-0.05, 0) is 23.8 Å². The fourth-order valence-corrected chi connectivity index (χ4v) is 2.47. The highest BCUT2D eigenvalue weighted by atomic mass is 32.2. The molecule has 122 valence electrons. The summed E-state index contributed by atoms with van der Waals surface area (Å²) in [5.41, 5.74) is 1.35. The Morgan fingerprint density at radius 2 is 1.83 bits per heavy atom. The number of benzene rings is 2. The van der Waals surface area contributed by atoms with Crippen LogP contribution < -0.4 is 9.46 Å². The molecule has 1 N–H and O–H groups in total. The van der Waals surface area contributed by atoms with E-state index in [0.717, 1.165) is 11.8 Å². The average molecular weight is 335 g/mol. The Labute approximate surface area is 135 Å². The number of rotatable bonds is 6. The number of esters is 1. The summed E-state index contributed by atoms with van der Waals surface area (Å²) in [4.78, 5) is 11.6. The van der Waals surface area contributed by atoms with E-state index in [1.165, 1.54) is 25.3 Å². The Hall–Kier alpha value is -2.54. The van der Waals surface area contributed by atoms with Crippen molar-refractivity contribution in [3.63, 3.8) is 0 Å². The molecular formula is C16H17NO5S. The molecule has 2 aromatic rings. The van der Waals surface area contributed by atoms with Gasteiger partial charge in [-0.2, -0.15) is 0 Å². The molecule has 0 aromatic heterocycles. The van der Waals surface area contributed by atoms with Gasteiger partial charge in [0.2, 0.25) is 10.0 Å². The van der Waals surface area contributed by atoms with Crippen molar-refractivity contribution in [1.82, 2.24) is 0 Å². The first-order valence-electron chi connectivity index (χ1n) is 6.76. The molecule has 0 radical (unpaired) electrons. The van der Waals surface area contributed by atoms with Crippen molar-refractivity contribution in [1.29, 1.82) is 0 Å². The number of ether oxygens (including phenoxy) is 2. The molecule has 0 aliphatic rings. The van der Waals surface area contributed by atoms with E-state index in [1.807, 2.05) is 30.3 Å². The molecule has 0 spiro atoms. The molecule has 7 heteroatoms. The third-order valence-corrected chi connectivity index (χ3v) is 3.52. The minimum absolute atomic E-state index is 0.186. The standard InChI is InChI=1S/C16H17NO5S/c1-21-16(18)13-8-9-15(14(10-13)17-23(2,19)20)22-11-12-6-4-3-5-7-12/h3-10,17H,11H2,1-2H3. The molecule has 2 rings (SSSR count). The molecule has 0 heterocycles. The topological polar surface area (TPSA) is 81.7 Å².